The maximum absolute atomic E-state index is 10.8. The summed E-state index contributed by atoms with van der Waals surface area (Å²) in [6.07, 6.45) is 0.920. The van der Waals surface area contributed by atoms with Crippen LogP contribution in [0.25, 0.3) is 10.1 Å². The molecule has 14 heavy (non-hydrogen) atoms. The summed E-state index contributed by atoms with van der Waals surface area (Å²) in [5.74, 6) is 0. The third-order valence-electron chi connectivity index (χ3n) is 2.08. The Kier molecular flexibility index (Phi) is 3.23. The summed E-state index contributed by atoms with van der Waals surface area (Å²) in [6, 6.07) is 4.07. The maximum atomic E-state index is 10.8. The van der Waals surface area contributed by atoms with Gasteiger partial charge < -0.3 is 0 Å². The van der Waals surface area contributed by atoms with Crippen molar-refractivity contribution in [3.63, 3.8) is 0 Å². The SMILES string of the molecule is O=Cc1csc2c(CBr)c(I)ccc12. The van der Waals surface area contributed by atoms with Crippen LogP contribution in [0.15, 0.2) is 17.5 Å². The lowest BCUT2D eigenvalue weighted by atomic mass is 10.1. The van der Waals surface area contributed by atoms with Crippen LogP contribution in [0.3, 0.4) is 0 Å². The largest absolute Gasteiger partial charge is 0.298 e. The Labute approximate surface area is 108 Å². The molecule has 2 rings (SSSR count). The van der Waals surface area contributed by atoms with Crippen LogP contribution in [0.1, 0.15) is 15.9 Å². The van der Waals surface area contributed by atoms with E-state index in [1.54, 1.807) is 11.3 Å². The second-order valence-electron chi connectivity index (χ2n) is 2.85. The van der Waals surface area contributed by atoms with Crippen molar-refractivity contribution >= 4 is 66.2 Å². The molecular formula is C10H6BrIOS. The quantitative estimate of drug-likeness (QED) is 0.433. The van der Waals surface area contributed by atoms with E-state index < -0.39 is 0 Å². The van der Waals surface area contributed by atoms with Crippen LogP contribution in [0.5, 0.6) is 0 Å². The highest BCUT2D eigenvalue weighted by Gasteiger charge is 2.09. The first-order valence-corrected chi connectivity index (χ1v) is 7.05. The number of hydrogen-bond donors (Lipinski definition) is 0. The number of fused-ring (bicyclic) bond motifs is 1. The highest BCUT2D eigenvalue weighted by molar-refractivity contribution is 14.1. The van der Waals surface area contributed by atoms with Crippen LogP contribution in [-0.4, -0.2) is 6.29 Å². The smallest absolute Gasteiger partial charge is 0.151 e. The summed E-state index contributed by atoms with van der Waals surface area (Å²) < 4.78 is 2.46. The molecule has 0 aliphatic carbocycles. The molecule has 72 valence electrons. The molecule has 1 nitrogen and oxygen atoms in total. The molecule has 0 amide bonds. The topological polar surface area (TPSA) is 17.1 Å². The molecule has 0 unspecified atom stereocenters. The number of rotatable bonds is 2. The minimum atomic E-state index is 0.795. The average molecular weight is 381 g/mol. The summed E-state index contributed by atoms with van der Waals surface area (Å²) in [4.78, 5) is 10.8. The van der Waals surface area contributed by atoms with Gasteiger partial charge in [0.1, 0.15) is 0 Å². The van der Waals surface area contributed by atoms with Gasteiger partial charge in [-0.3, -0.25) is 4.79 Å². The van der Waals surface area contributed by atoms with E-state index in [4.69, 9.17) is 0 Å². The first-order valence-electron chi connectivity index (χ1n) is 3.97. The normalized spacial score (nSPS) is 10.7. The van der Waals surface area contributed by atoms with Crippen molar-refractivity contribution in [1.82, 2.24) is 0 Å². The Balaban J connectivity index is 2.83. The Bertz CT molecular complexity index is 492. The lowest BCUT2D eigenvalue weighted by Crippen LogP contribution is -1.84. The van der Waals surface area contributed by atoms with E-state index in [1.807, 2.05) is 11.4 Å². The van der Waals surface area contributed by atoms with Gasteiger partial charge in [-0.05, 0) is 34.2 Å². The van der Waals surface area contributed by atoms with Crippen molar-refractivity contribution in [2.45, 2.75) is 5.33 Å². The fourth-order valence-corrected chi connectivity index (χ4v) is 4.55. The van der Waals surface area contributed by atoms with Gasteiger partial charge in [-0.2, -0.15) is 0 Å². The second-order valence-corrected chi connectivity index (χ2v) is 5.45. The predicted octanol–water partition coefficient (Wildman–Crippen LogP) is 4.21. The van der Waals surface area contributed by atoms with E-state index in [-0.39, 0.29) is 0 Å². The van der Waals surface area contributed by atoms with Crippen LogP contribution < -0.4 is 0 Å². The fourth-order valence-electron chi connectivity index (χ4n) is 1.37. The second kappa shape index (κ2) is 4.28. The molecule has 0 saturated heterocycles. The Hall–Kier alpha value is 0.0600. The highest BCUT2D eigenvalue weighted by Crippen LogP contribution is 2.32. The third kappa shape index (κ3) is 1.63. The van der Waals surface area contributed by atoms with E-state index in [1.165, 1.54) is 13.8 Å². The predicted molar refractivity (Wildman–Crippen MR) is 72.6 cm³/mol. The molecule has 1 aromatic carbocycles. The number of carbonyl (C=O) groups is 1. The van der Waals surface area contributed by atoms with E-state index in [0.29, 0.717) is 0 Å². The molecule has 0 spiro atoms. The average Bonchev–Trinajstić information content (AvgIpc) is 2.60. The molecule has 1 aromatic heterocycles. The van der Waals surface area contributed by atoms with Gasteiger partial charge >= 0.3 is 0 Å². The van der Waals surface area contributed by atoms with Crippen molar-refractivity contribution in [3.8, 4) is 0 Å². The number of alkyl halides is 1. The van der Waals surface area contributed by atoms with Gasteiger partial charge in [-0.15, -0.1) is 11.3 Å². The van der Waals surface area contributed by atoms with Gasteiger partial charge in [0, 0.05) is 29.9 Å². The number of hydrogen-bond acceptors (Lipinski definition) is 2. The van der Waals surface area contributed by atoms with Crippen LogP contribution in [-0.2, 0) is 5.33 Å². The molecule has 0 saturated carbocycles. The van der Waals surface area contributed by atoms with Gasteiger partial charge in [0.15, 0.2) is 6.29 Å². The molecule has 0 fully saturated rings. The first-order chi connectivity index (χ1) is 6.77. The number of halogens is 2. The molecule has 0 atom stereocenters. The van der Waals surface area contributed by atoms with Crippen LogP contribution in [0.2, 0.25) is 0 Å². The van der Waals surface area contributed by atoms with Gasteiger partial charge in [-0.1, -0.05) is 22.0 Å². The third-order valence-corrected chi connectivity index (χ3v) is 4.72. The fraction of sp³-hybridized carbons (Fsp3) is 0.100. The summed E-state index contributed by atoms with van der Waals surface area (Å²) >= 11 is 7.43. The minimum absolute atomic E-state index is 0.795. The van der Waals surface area contributed by atoms with E-state index in [0.717, 1.165) is 22.6 Å². The molecule has 0 aliphatic heterocycles. The maximum Gasteiger partial charge on any atom is 0.151 e. The molecule has 1 heterocycles. The molecule has 0 radical (unpaired) electrons. The summed E-state index contributed by atoms with van der Waals surface area (Å²) in [5, 5.41) is 3.82. The zero-order valence-electron chi connectivity index (χ0n) is 7.09. The van der Waals surface area contributed by atoms with Crippen molar-refractivity contribution in [2.24, 2.45) is 0 Å². The number of carbonyl (C=O) groups excluding carboxylic acids is 1. The lowest BCUT2D eigenvalue weighted by Gasteiger charge is -2.01. The van der Waals surface area contributed by atoms with Crippen LogP contribution in [0.4, 0.5) is 0 Å². The molecule has 4 heteroatoms. The number of thiophene rings is 1. The lowest BCUT2D eigenvalue weighted by molar-refractivity contribution is 0.112. The summed E-state index contributed by atoms with van der Waals surface area (Å²) in [5.41, 5.74) is 2.07. The van der Waals surface area contributed by atoms with Crippen molar-refractivity contribution < 1.29 is 4.79 Å². The Morgan fingerprint density at radius 1 is 1.50 bits per heavy atom. The molecule has 0 bridgehead atoms. The van der Waals surface area contributed by atoms with Crippen LogP contribution >= 0.6 is 49.9 Å². The van der Waals surface area contributed by atoms with Crippen LogP contribution in [0, 0.1) is 3.57 Å². The van der Waals surface area contributed by atoms with Crippen molar-refractivity contribution in [2.75, 3.05) is 0 Å². The molecular weight excluding hydrogens is 375 g/mol. The minimum Gasteiger partial charge on any atom is -0.298 e. The summed E-state index contributed by atoms with van der Waals surface area (Å²) in [6.45, 7) is 0. The van der Waals surface area contributed by atoms with Crippen molar-refractivity contribution in [3.05, 3.63) is 32.2 Å². The molecule has 0 aliphatic rings. The van der Waals surface area contributed by atoms with E-state index >= 15 is 0 Å². The van der Waals surface area contributed by atoms with Gasteiger partial charge in [0.25, 0.3) is 0 Å². The zero-order chi connectivity index (χ0) is 10.1. The van der Waals surface area contributed by atoms with Gasteiger partial charge in [0.05, 0.1) is 0 Å². The zero-order valence-corrected chi connectivity index (χ0v) is 11.6. The molecule has 0 N–H and O–H groups in total. The number of benzene rings is 1. The summed E-state index contributed by atoms with van der Waals surface area (Å²) in [7, 11) is 0. The highest BCUT2D eigenvalue weighted by atomic mass is 127. The van der Waals surface area contributed by atoms with Gasteiger partial charge in [0.2, 0.25) is 0 Å². The number of aldehydes is 1. The first kappa shape index (κ1) is 10.6. The Morgan fingerprint density at radius 3 is 2.93 bits per heavy atom. The van der Waals surface area contributed by atoms with Gasteiger partial charge in [-0.25, -0.2) is 0 Å². The van der Waals surface area contributed by atoms with E-state index in [9.17, 15) is 4.79 Å². The Morgan fingerprint density at radius 2 is 2.29 bits per heavy atom. The van der Waals surface area contributed by atoms with Crippen molar-refractivity contribution in [1.29, 1.82) is 0 Å². The van der Waals surface area contributed by atoms with E-state index in [2.05, 4.69) is 44.6 Å². The molecule has 2 aromatic rings. The monoisotopic (exact) mass is 380 g/mol. The standard InChI is InChI=1S/C10H6BrIOS/c11-3-8-9(12)2-1-7-6(4-13)5-14-10(7)8/h1-2,4-5H,3H2.